The van der Waals surface area contributed by atoms with Crippen molar-refractivity contribution in [1.29, 1.82) is 0 Å². The van der Waals surface area contributed by atoms with Crippen LogP contribution in [0.3, 0.4) is 0 Å². The third-order valence-corrected chi connectivity index (χ3v) is 4.76. The lowest BCUT2D eigenvalue weighted by atomic mass is 10.1. The van der Waals surface area contributed by atoms with Gasteiger partial charge in [0.15, 0.2) is 11.6 Å². The normalized spacial score (nSPS) is 11.6. The maximum atomic E-state index is 13.5. The van der Waals surface area contributed by atoms with E-state index in [1.165, 1.54) is 11.0 Å². The molecule has 0 aliphatic rings. The fourth-order valence-electron chi connectivity index (χ4n) is 3.30. The summed E-state index contributed by atoms with van der Waals surface area (Å²) in [5.41, 5.74) is 4.74. The Balaban J connectivity index is 2.88. The molecule has 32 heavy (non-hydrogen) atoms. The van der Waals surface area contributed by atoms with E-state index in [1.807, 2.05) is 20.8 Å². The first kappa shape index (κ1) is 25.2. The molecule has 1 aromatic heterocycles. The van der Waals surface area contributed by atoms with E-state index in [1.54, 1.807) is 44.5 Å². The van der Waals surface area contributed by atoms with E-state index in [2.05, 4.69) is 0 Å². The van der Waals surface area contributed by atoms with Crippen molar-refractivity contribution in [2.45, 2.75) is 66.5 Å². The van der Waals surface area contributed by atoms with Crippen molar-refractivity contribution >= 4 is 28.6 Å². The lowest BCUT2D eigenvalue weighted by molar-refractivity contribution is 0.0585. The molecule has 1 heterocycles. The molecule has 8 nitrogen and oxygen atoms in total. The van der Waals surface area contributed by atoms with Crippen LogP contribution in [-0.2, 0) is 11.3 Å². The Labute approximate surface area is 189 Å². The smallest absolute Gasteiger partial charge is 0.415 e. The lowest BCUT2D eigenvalue weighted by Gasteiger charge is -2.29. The number of hydrogen-bond donors (Lipinski definition) is 1. The van der Waals surface area contributed by atoms with Crippen LogP contribution in [0.4, 0.5) is 10.6 Å². The molecular formula is C24H35N3O5. The molecule has 2 aromatic rings. The van der Waals surface area contributed by atoms with Crippen LogP contribution >= 0.6 is 0 Å². The predicted octanol–water partition coefficient (Wildman–Crippen LogP) is 4.31. The van der Waals surface area contributed by atoms with Gasteiger partial charge in [-0.05, 0) is 51.3 Å². The Hall–Kier alpha value is -3.03. The maximum Gasteiger partial charge on any atom is 0.415 e. The summed E-state index contributed by atoms with van der Waals surface area (Å²) < 4.78 is 13.2. The molecular weight excluding hydrogens is 410 g/mol. The minimum Gasteiger partial charge on any atom is -0.489 e. The molecule has 0 aliphatic carbocycles. The number of ether oxygens (including phenoxy) is 2. The summed E-state index contributed by atoms with van der Waals surface area (Å²) in [6.07, 6.45) is 1.09. The zero-order chi connectivity index (χ0) is 24.2. The standard InChI is InChI=1S/C24H35N3O5/c1-8-9-12-31-19-18-13-16(20(25)28)10-11-17(18)22(29)27(14-15(2)3)21(19)26(7)23(30)32-24(4,5)6/h10-11,13,15H,8-9,12,14H2,1-7H3,(H2,25,28). The number of carbonyl (C=O) groups excluding carboxylic acids is 2. The summed E-state index contributed by atoms with van der Waals surface area (Å²) in [5, 5.41) is 0.830. The first-order valence-corrected chi connectivity index (χ1v) is 11.0. The van der Waals surface area contributed by atoms with Crippen molar-refractivity contribution < 1.29 is 19.1 Å². The van der Waals surface area contributed by atoms with Gasteiger partial charge in [0, 0.05) is 24.5 Å². The number of aromatic nitrogens is 1. The Morgan fingerprint density at radius 3 is 2.38 bits per heavy atom. The van der Waals surface area contributed by atoms with E-state index >= 15 is 0 Å². The monoisotopic (exact) mass is 445 g/mol. The van der Waals surface area contributed by atoms with Crippen molar-refractivity contribution in [1.82, 2.24) is 4.57 Å². The number of rotatable bonds is 8. The SMILES string of the molecule is CCCCOc1c(N(C)C(=O)OC(C)(C)C)n(CC(C)C)c(=O)c2ccc(C(N)=O)cc12. The van der Waals surface area contributed by atoms with Crippen LogP contribution in [-0.4, -0.2) is 35.8 Å². The molecule has 0 bridgehead atoms. The molecule has 0 atom stereocenters. The number of amides is 2. The molecule has 0 aliphatic heterocycles. The number of anilines is 1. The van der Waals surface area contributed by atoms with E-state index in [9.17, 15) is 14.4 Å². The highest BCUT2D eigenvalue weighted by molar-refractivity contribution is 6.02. The number of hydrogen-bond acceptors (Lipinski definition) is 5. The van der Waals surface area contributed by atoms with Crippen molar-refractivity contribution in [3.63, 3.8) is 0 Å². The molecule has 0 radical (unpaired) electrons. The van der Waals surface area contributed by atoms with Crippen molar-refractivity contribution in [3.05, 3.63) is 34.1 Å². The van der Waals surface area contributed by atoms with Crippen LogP contribution < -0.4 is 20.9 Å². The Kier molecular flexibility index (Phi) is 7.93. The molecule has 2 rings (SSSR count). The minimum absolute atomic E-state index is 0.129. The van der Waals surface area contributed by atoms with Gasteiger partial charge in [0.1, 0.15) is 5.60 Å². The van der Waals surface area contributed by atoms with Crippen LogP contribution in [0.2, 0.25) is 0 Å². The molecule has 8 heteroatoms. The van der Waals surface area contributed by atoms with Gasteiger partial charge in [0.05, 0.1) is 12.0 Å². The fourth-order valence-corrected chi connectivity index (χ4v) is 3.30. The third kappa shape index (κ3) is 5.81. The summed E-state index contributed by atoms with van der Waals surface area (Å²) in [4.78, 5) is 39.5. The van der Waals surface area contributed by atoms with E-state index in [0.29, 0.717) is 35.5 Å². The molecule has 1 aromatic carbocycles. The summed E-state index contributed by atoms with van der Waals surface area (Å²) in [5.74, 6) is 0.164. The molecule has 0 unspecified atom stereocenters. The number of nitrogens with zero attached hydrogens (tertiary/aromatic N) is 2. The maximum absolute atomic E-state index is 13.5. The van der Waals surface area contributed by atoms with Gasteiger partial charge in [0.2, 0.25) is 5.91 Å². The average Bonchev–Trinajstić information content (AvgIpc) is 2.68. The summed E-state index contributed by atoms with van der Waals surface area (Å²) in [6.45, 7) is 12.1. The van der Waals surface area contributed by atoms with Crippen molar-refractivity contribution in [2.75, 3.05) is 18.6 Å². The number of nitrogens with two attached hydrogens (primary N) is 1. The average molecular weight is 446 g/mol. The molecule has 0 spiro atoms. The molecule has 2 N–H and O–H groups in total. The number of benzene rings is 1. The molecule has 176 valence electrons. The van der Waals surface area contributed by atoms with Gasteiger partial charge in [-0.2, -0.15) is 0 Å². The second kappa shape index (κ2) is 10.1. The second-order valence-corrected chi connectivity index (χ2v) is 9.33. The summed E-state index contributed by atoms with van der Waals surface area (Å²) >= 11 is 0. The summed E-state index contributed by atoms with van der Waals surface area (Å²) in [7, 11) is 1.55. The van der Waals surface area contributed by atoms with Gasteiger partial charge in [0.25, 0.3) is 5.56 Å². The van der Waals surface area contributed by atoms with E-state index in [-0.39, 0.29) is 17.0 Å². The topological polar surface area (TPSA) is 104 Å². The highest BCUT2D eigenvalue weighted by Crippen LogP contribution is 2.36. The summed E-state index contributed by atoms with van der Waals surface area (Å²) in [6, 6.07) is 4.66. The van der Waals surface area contributed by atoms with Gasteiger partial charge in [-0.15, -0.1) is 0 Å². The third-order valence-electron chi connectivity index (χ3n) is 4.76. The Morgan fingerprint density at radius 2 is 1.84 bits per heavy atom. The van der Waals surface area contributed by atoms with Gasteiger partial charge < -0.3 is 15.2 Å². The zero-order valence-electron chi connectivity index (χ0n) is 20.2. The highest BCUT2D eigenvalue weighted by atomic mass is 16.6. The molecule has 2 amide bonds. The molecule has 0 fully saturated rings. The zero-order valence-corrected chi connectivity index (χ0v) is 20.2. The Bertz CT molecular complexity index is 1050. The van der Waals surface area contributed by atoms with Gasteiger partial charge in [-0.1, -0.05) is 27.2 Å². The molecule has 0 saturated heterocycles. The van der Waals surface area contributed by atoms with Crippen LogP contribution in [0.15, 0.2) is 23.0 Å². The van der Waals surface area contributed by atoms with E-state index in [0.717, 1.165) is 12.8 Å². The van der Waals surface area contributed by atoms with Gasteiger partial charge >= 0.3 is 6.09 Å². The van der Waals surface area contributed by atoms with Gasteiger partial charge in [-0.25, -0.2) is 4.79 Å². The number of unbranched alkanes of at least 4 members (excludes halogenated alkanes) is 1. The van der Waals surface area contributed by atoms with Crippen LogP contribution in [0, 0.1) is 5.92 Å². The van der Waals surface area contributed by atoms with Crippen LogP contribution in [0.1, 0.15) is 64.7 Å². The largest absolute Gasteiger partial charge is 0.489 e. The quantitative estimate of drug-likeness (QED) is 0.610. The van der Waals surface area contributed by atoms with Crippen LogP contribution in [0.25, 0.3) is 10.8 Å². The first-order valence-electron chi connectivity index (χ1n) is 11.0. The van der Waals surface area contributed by atoms with Crippen molar-refractivity contribution in [3.8, 4) is 5.75 Å². The second-order valence-electron chi connectivity index (χ2n) is 9.33. The van der Waals surface area contributed by atoms with Gasteiger partial charge in [-0.3, -0.25) is 19.1 Å². The number of pyridine rings is 1. The number of primary amides is 1. The van der Waals surface area contributed by atoms with Crippen molar-refractivity contribution in [2.24, 2.45) is 11.7 Å². The number of fused-ring (bicyclic) bond motifs is 1. The Morgan fingerprint density at radius 1 is 1.19 bits per heavy atom. The minimum atomic E-state index is -0.715. The molecule has 0 saturated carbocycles. The number of carbonyl (C=O) groups is 2. The van der Waals surface area contributed by atoms with Crippen LogP contribution in [0.5, 0.6) is 5.75 Å². The predicted molar refractivity (Wildman–Crippen MR) is 127 cm³/mol. The first-order chi connectivity index (χ1) is 14.9. The highest BCUT2D eigenvalue weighted by Gasteiger charge is 2.28. The fraction of sp³-hybridized carbons (Fsp3) is 0.542. The van der Waals surface area contributed by atoms with E-state index in [4.69, 9.17) is 15.2 Å². The van der Waals surface area contributed by atoms with E-state index < -0.39 is 17.6 Å². The lowest BCUT2D eigenvalue weighted by Crippen LogP contribution is -2.38.